The van der Waals surface area contributed by atoms with Gasteiger partial charge in [0.25, 0.3) is 5.91 Å². The molecule has 0 aliphatic rings. The van der Waals surface area contributed by atoms with E-state index >= 15 is 0 Å². The molecule has 0 unspecified atom stereocenters. The molecular formula is C16H16N2O4S. The van der Waals surface area contributed by atoms with Crippen LogP contribution in [0.25, 0.3) is 10.2 Å². The van der Waals surface area contributed by atoms with Crippen LogP contribution in [0.4, 0.5) is 5.13 Å². The third-order valence-corrected chi connectivity index (χ3v) is 4.33. The Morgan fingerprint density at radius 2 is 1.87 bits per heavy atom. The fraction of sp³-hybridized carbons (Fsp3) is 0.250. The van der Waals surface area contributed by atoms with Gasteiger partial charge in [0.1, 0.15) is 11.5 Å². The lowest BCUT2D eigenvalue weighted by molar-refractivity contribution is 0.102. The molecule has 120 valence electrons. The highest BCUT2D eigenvalue weighted by molar-refractivity contribution is 7.22. The number of aromatic nitrogens is 1. The molecule has 6 nitrogen and oxygen atoms in total. The van der Waals surface area contributed by atoms with E-state index in [1.165, 1.54) is 11.3 Å². The predicted octanol–water partition coefficient (Wildman–Crippen LogP) is 3.78. The summed E-state index contributed by atoms with van der Waals surface area (Å²) >= 11 is 1.37. The molecule has 0 fully saturated rings. The highest BCUT2D eigenvalue weighted by Gasteiger charge is 2.16. The number of carbonyl (C=O) groups is 1. The molecule has 0 aliphatic carbocycles. The maximum absolute atomic E-state index is 12.3. The fourth-order valence-electron chi connectivity index (χ4n) is 2.33. The summed E-state index contributed by atoms with van der Waals surface area (Å²) in [5.41, 5.74) is 1.25. The van der Waals surface area contributed by atoms with Gasteiger partial charge in [0.05, 0.1) is 30.0 Å². The van der Waals surface area contributed by atoms with Crippen LogP contribution in [0.1, 0.15) is 21.9 Å². The standard InChI is InChI=1S/C16H16N2O4S/c1-8-5-10(9(2)22-8)15(19)18-16-17-11-6-12(20-3)13(21-4)7-14(11)23-16/h5-7H,1-4H3,(H,17,18,19). The first kappa shape index (κ1) is 15.4. The minimum Gasteiger partial charge on any atom is -0.493 e. The lowest BCUT2D eigenvalue weighted by atomic mass is 10.2. The van der Waals surface area contributed by atoms with Crippen molar-refractivity contribution in [2.75, 3.05) is 19.5 Å². The van der Waals surface area contributed by atoms with Gasteiger partial charge in [-0.15, -0.1) is 0 Å². The number of amides is 1. The van der Waals surface area contributed by atoms with Crippen molar-refractivity contribution >= 4 is 32.6 Å². The molecule has 1 amide bonds. The summed E-state index contributed by atoms with van der Waals surface area (Å²) in [5.74, 6) is 2.28. The van der Waals surface area contributed by atoms with Gasteiger partial charge in [0.15, 0.2) is 16.6 Å². The molecule has 0 saturated carbocycles. The van der Waals surface area contributed by atoms with Gasteiger partial charge in [0, 0.05) is 12.1 Å². The second kappa shape index (κ2) is 5.92. The maximum Gasteiger partial charge on any atom is 0.260 e. The van der Waals surface area contributed by atoms with Crippen LogP contribution in [-0.4, -0.2) is 25.1 Å². The van der Waals surface area contributed by atoms with Crippen LogP contribution in [0.15, 0.2) is 22.6 Å². The van der Waals surface area contributed by atoms with Crippen LogP contribution < -0.4 is 14.8 Å². The molecule has 0 aliphatic heterocycles. The highest BCUT2D eigenvalue weighted by atomic mass is 32.1. The van der Waals surface area contributed by atoms with E-state index < -0.39 is 0 Å². The third-order valence-electron chi connectivity index (χ3n) is 3.40. The van der Waals surface area contributed by atoms with Gasteiger partial charge in [0.2, 0.25) is 0 Å². The molecule has 2 aromatic heterocycles. The molecule has 2 heterocycles. The molecule has 23 heavy (non-hydrogen) atoms. The molecule has 1 N–H and O–H groups in total. The van der Waals surface area contributed by atoms with Crippen molar-refractivity contribution in [2.24, 2.45) is 0 Å². The number of carbonyl (C=O) groups excluding carboxylic acids is 1. The minimum absolute atomic E-state index is 0.239. The number of nitrogens with one attached hydrogen (secondary N) is 1. The molecule has 0 saturated heterocycles. The maximum atomic E-state index is 12.3. The van der Waals surface area contributed by atoms with Gasteiger partial charge in [-0.05, 0) is 19.9 Å². The first-order valence-electron chi connectivity index (χ1n) is 6.92. The number of fused-ring (bicyclic) bond motifs is 1. The van der Waals surface area contributed by atoms with Gasteiger partial charge in [-0.25, -0.2) is 4.98 Å². The zero-order valence-corrected chi connectivity index (χ0v) is 14.0. The largest absolute Gasteiger partial charge is 0.493 e. The van der Waals surface area contributed by atoms with Crippen LogP contribution in [-0.2, 0) is 0 Å². The average Bonchev–Trinajstić information content (AvgIpc) is 3.06. The van der Waals surface area contributed by atoms with Gasteiger partial charge in [-0.2, -0.15) is 0 Å². The normalized spacial score (nSPS) is 10.8. The number of furan rings is 1. The summed E-state index contributed by atoms with van der Waals surface area (Å²) in [4.78, 5) is 16.7. The molecule has 0 atom stereocenters. The Morgan fingerprint density at radius 1 is 1.17 bits per heavy atom. The summed E-state index contributed by atoms with van der Waals surface area (Å²) in [6.07, 6.45) is 0. The molecular weight excluding hydrogens is 316 g/mol. The van der Waals surface area contributed by atoms with E-state index in [9.17, 15) is 4.79 Å². The Labute approximate surface area is 137 Å². The van der Waals surface area contributed by atoms with Gasteiger partial charge in [-0.3, -0.25) is 10.1 Å². The van der Waals surface area contributed by atoms with Crippen LogP contribution in [0.5, 0.6) is 11.5 Å². The Balaban J connectivity index is 1.91. The fourth-order valence-corrected chi connectivity index (χ4v) is 3.20. The van der Waals surface area contributed by atoms with E-state index in [0.29, 0.717) is 33.7 Å². The van der Waals surface area contributed by atoms with Gasteiger partial charge < -0.3 is 13.9 Å². The van der Waals surface area contributed by atoms with Crippen molar-refractivity contribution in [3.8, 4) is 11.5 Å². The first-order chi connectivity index (χ1) is 11.0. The number of thiazole rings is 1. The quantitative estimate of drug-likeness (QED) is 0.787. The average molecular weight is 332 g/mol. The SMILES string of the molecule is COc1cc2nc(NC(=O)c3cc(C)oc3C)sc2cc1OC. The van der Waals surface area contributed by atoms with Crippen LogP contribution in [0.2, 0.25) is 0 Å². The number of hydrogen-bond donors (Lipinski definition) is 1. The molecule has 3 aromatic rings. The zero-order chi connectivity index (χ0) is 16.6. The van der Waals surface area contributed by atoms with E-state index in [1.807, 2.05) is 6.07 Å². The molecule has 1 aromatic carbocycles. The third kappa shape index (κ3) is 2.87. The van der Waals surface area contributed by atoms with Gasteiger partial charge >= 0.3 is 0 Å². The summed E-state index contributed by atoms with van der Waals surface area (Å²) < 4.78 is 16.8. The summed E-state index contributed by atoms with van der Waals surface area (Å²) in [7, 11) is 3.15. The van der Waals surface area contributed by atoms with Crippen molar-refractivity contribution in [3.05, 3.63) is 35.3 Å². The van der Waals surface area contributed by atoms with Crippen molar-refractivity contribution in [1.82, 2.24) is 4.98 Å². The van der Waals surface area contributed by atoms with Crippen molar-refractivity contribution in [1.29, 1.82) is 0 Å². The number of ether oxygens (including phenoxy) is 2. The number of nitrogens with zero attached hydrogens (tertiary/aromatic N) is 1. The Hall–Kier alpha value is -2.54. The van der Waals surface area contributed by atoms with Gasteiger partial charge in [-0.1, -0.05) is 11.3 Å². The van der Waals surface area contributed by atoms with E-state index in [4.69, 9.17) is 13.9 Å². The summed E-state index contributed by atoms with van der Waals surface area (Å²) in [6, 6.07) is 5.34. The minimum atomic E-state index is -0.239. The van der Waals surface area contributed by atoms with Crippen LogP contribution in [0, 0.1) is 13.8 Å². The first-order valence-corrected chi connectivity index (χ1v) is 7.74. The molecule has 0 spiro atoms. The van der Waals surface area contributed by atoms with E-state index in [2.05, 4.69) is 10.3 Å². The lowest BCUT2D eigenvalue weighted by Gasteiger charge is -2.05. The second-order valence-electron chi connectivity index (χ2n) is 4.97. The highest BCUT2D eigenvalue weighted by Crippen LogP contribution is 2.36. The smallest absolute Gasteiger partial charge is 0.260 e. The number of methoxy groups -OCH3 is 2. The molecule has 0 bridgehead atoms. The number of aryl methyl sites for hydroxylation is 2. The van der Waals surface area contributed by atoms with E-state index in [1.54, 1.807) is 40.2 Å². The van der Waals surface area contributed by atoms with E-state index in [0.717, 1.165) is 10.2 Å². The van der Waals surface area contributed by atoms with Crippen LogP contribution in [0.3, 0.4) is 0 Å². The number of rotatable bonds is 4. The van der Waals surface area contributed by atoms with Crippen molar-refractivity contribution < 1.29 is 18.7 Å². The summed E-state index contributed by atoms with van der Waals surface area (Å²) in [5, 5.41) is 3.32. The Bertz CT molecular complexity index is 841. The Morgan fingerprint density at radius 3 is 2.48 bits per heavy atom. The topological polar surface area (TPSA) is 73.6 Å². The number of hydrogen-bond acceptors (Lipinski definition) is 6. The number of anilines is 1. The lowest BCUT2D eigenvalue weighted by Crippen LogP contribution is -2.11. The van der Waals surface area contributed by atoms with E-state index in [-0.39, 0.29) is 5.91 Å². The second-order valence-corrected chi connectivity index (χ2v) is 6.01. The predicted molar refractivity (Wildman–Crippen MR) is 88.9 cm³/mol. The van der Waals surface area contributed by atoms with Crippen molar-refractivity contribution in [2.45, 2.75) is 13.8 Å². The molecule has 3 rings (SSSR count). The summed E-state index contributed by atoms with van der Waals surface area (Å²) in [6.45, 7) is 3.57. The monoisotopic (exact) mass is 332 g/mol. The van der Waals surface area contributed by atoms with Crippen molar-refractivity contribution in [3.63, 3.8) is 0 Å². The molecule has 0 radical (unpaired) electrons. The van der Waals surface area contributed by atoms with Crippen LogP contribution >= 0.6 is 11.3 Å². The Kier molecular flexibility index (Phi) is 3.96. The number of benzene rings is 1. The zero-order valence-electron chi connectivity index (χ0n) is 13.2. The molecule has 7 heteroatoms.